The largest absolute Gasteiger partial charge is 0.480 e. The molecule has 144 valence electrons. The lowest BCUT2D eigenvalue weighted by Crippen LogP contribution is -2.23. The van der Waals surface area contributed by atoms with E-state index in [0.29, 0.717) is 5.41 Å². The number of carboxylic acids is 1. The zero-order chi connectivity index (χ0) is 18.1. The lowest BCUT2D eigenvalue weighted by atomic mass is 9.89. The predicted octanol–water partition coefficient (Wildman–Crippen LogP) is 6.17. The maximum atomic E-state index is 10.3. The zero-order valence-electron chi connectivity index (χ0n) is 16.7. The molecule has 2 N–H and O–H groups in total. The molecular weight excluding hydrogens is 298 g/mol. The summed E-state index contributed by atoms with van der Waals surface area (Å²) in [7, 11) is 0. The van der Waals surface area contributed by atoms with Crippen molar-refractivity contribution in [3.63, 3.8) is 0 Å². The van der Waals surface area contributed by atoms with Crippen LogP contribution in [-0.4, -0.2) is 24.2 Å². The van der Waals surface area contributed by atoms with Crippen LogP contribution in [0.1, 0.15) is 111 Å². The first-order chi connectivity index (χ1) is 11.4. The average molecular weight is 342 g/mol. The Hall–Kier alpha value is -0.570. The van der Waals surface area contributed by atoms with Crippen molar-refractivity contribution in [3.05, 3.63) is 0 Å². The molecular formula is C21H43NO2. The highest BCUT2D eigenvalue weighted by molar-refractivity contribution is 5.68. The molecule has 0 aromatic carbocycles. The Morgan fingerprint density at radius 1 is 0.708 bits per heavy atom. The second-order valence-electron chi connectivity index (χ2n) is 8.48. The first-order valence-corrected chi connectivity index (χ1v) is 10.3. The molecule has 0 atom stereocenters. The van der Waals surface area contributed by atoms with E-state index in [0.717, 1.165) is 13.0 Å². The van der Waals surface area contributed by atoms with Gasteiger partial charge in [0, 0.05) is 0 Å². The lowest BCUT2D eigenvalue weighted by molar-refractivity contribution is -0.135. The van der Waals surface area contributed by atoms with E-state index in [1.807, 2.05) is 0 Å². The van der Waals surface area contributed by atoms with Gasteiger partial charge in [-0.1, -0.05) is 97.8 Å². The first-order valence-electron chi connectivity index (χ1n) is 10.3. The van der Waals surface area contributed by atoms with Crippen LogP contribution in [0.3, 0.4) is 0 Å². The van der Waals surface area contributed by atoms with Crippen molar-refractivity contribution in [1.82, 2.24) is 5.32 Å². The van der Waals surface area contributed by atoms with Crippen LogP contribution >= 0.6 is 0 Å². The van der Waals surface area contributed by atoms with Gasteiger partial charge in [-0.2, -0.15) is 0 Å². The predicted molar refractivity (Wildman–Crippen MR) is 105 cm³/mol. The molecule has 0 aliphatic carbocycles. The minimum atomic E-state index is -0.764. The molecule has 0 amide bonds. The van der Waals surface area contributed by atoms with Crippen LogP contribution in [0.5, 0.6) is 0 Å². The number of rotatable bonds is 17. The van der Waals surface area contributed by atoms with Gasteiger partial charge in [0.05, 0.1) is 6.54 Å². The van der Waals surface area contributed by atoms with Crippen LogP contribution in [0.4, 0.5) is 0 Å². The van der Waals surface area contributed by atoms with Crippen molar-refractivity contribution in [2.45, 2.75) is 111 Å². The number of carbonyl (C=O) groups is 1. The molecule has 0 aromatic heterocycles. The van der Waals surface area contributed by atoms with E-state index in [9.17, 15) is 4.79 Å². The SMILES string of the molecule is CC(C)(C)CCCCCCCCCCCCCCCNCC(=O)O. The van der Waals surface area contributed by atoms with E-state index in [1.165, 1.54) is 83.5 Å². The van der Waals surface area contributed by atoms with Gasteiger partial charge in [-0.3, -0.25) is 4.79 Å². The molecule has 0 aliphatic rings. The Kier molecular flexibility index (Phi) is 15.6. The molecule has 0 bridgehead atoms. The van der Waals surface area contributed by atoms with Crippen LogP contribution in [0.15, 0.2) is 0 Å². The van der Waals surface area contributed by atoms with Crippen molar-refractivity contribution < 1.29 is 9.90 Å². The van der Waals surface area contributed by atoms with Gasteiger partial charge in [-0.25, -0.2) is 0 Å². The van der Waals surface area contributed by atoms with Crippen LogP contribution in [0.25, 0.3) is 0 Å². The Bertz CT molecular complexity index is 284. The highest BCUT2D eigenvalue weighted by Crippen LogP contribution is 2.22. The van der Waals surface area contributed by atoms with Crippen LogP contribution in [0, 0.1) is 5.41 Å². The van der Waals surface area contributed by atoms with Gasteiger partial charge in [0.2, 0.25) is 0 Å². The fraction of sp³-hybridized carbons (Fsp3) is 0.952. The van der Waals surface area contributed by atoms with Crippen LogP contribution in [0.2, 0.25) is 0 Å². The van der Waals surface area contributed by atoms with Crippen molar-refractivity contribution in [2.24, 2.45) is 5.41 Å². The highest BCUT2D eigenvalue weighted by atomic mass is 16.4. The minimum absolute atomic E-state index is 0.0938. The molecule has 3 nitrogen and oxygen atoms in total. The second kappa shape index (κ2) is 15.9. The van der Waals surface area contributed by atoms with Crippen LogP contribution < -0.4 is 5.32 Å². The number of carboxylic acid groups (broad SMARTS) is 1. The number of nitrogens with one attached hydrogen (secondary N) is 1. The number of unbranched alkanes of at least 4 members (excludes halogenated alkanes) is 12. The van der Waals surface area contributed by atoms with Gasteiger partial charge in [0.15, 0.2) is 0 Å². The summed E-state index contributed by atoms with van der Waals surface area (Å²) in [4.78, 5) is 10.3. The van der Waals surface area contributed by atoms with E-state index >= 15 is 0 Å². The quantitative estimate of drug-likeness (QED) is 0.311. The Labute approximate surface area is 151 Å². The second-order valence-corrected chi connectivity index (χ2v) is 8.48. The van der Waals surface area contributed by atoms with Gasteiger partial charge in [0.1, 0.15) is 0 Å². The standard InChI is InChI=1S/C21H43NO2/c1-21(2,3)17-15-13-11-9-7-5-4-6-8-10-12-14-16-18-22-19-20(23)24/h22H,4-19H2,1-3H3,(H,23,24). The molecule has 0 aliphatic heterocycles. The molecule has 3 heteroatoms. The maximum absolute atomic E-state index is 10.3. The molecule has 0 unspecified atom stereocenters. The summed E-state index contributed by atoms with van der Waals surface area (Å²) < 4.78 is 0. The number of aliphatic carboxylic acids is 1. The summed E-state index contributed by atoms with van der Waals surface area (Å²) in [5, 5.41) is 11.4. The molecule has 0 heterocycles. The van der Waals surface area contributed by atoms with Crippen LogP contribution in [-0.2, 0) is 4.79 Å². The smallest absolute Gasteiger partial charge is 0.317 e. The van der Waals surface area contributed by atoms with Gasteiger partial charge in [0.25, 0.3) is 0 Å². The topological polar surface area (TPSA) is 49.3 Å². The van der Waals surface area contributed by atoms with Crippen molar-refractivity contribution in [1.29, 1.82) is 0 Å². The third kappa shape index (κ3) is 21.4. The highest BCUT2D eigenvalue weighted by Gasteiger charge is 2.08. The van der Waals surface area contributed by atoms with E-state index in [2.05, 4.69) is 26.1 Å². The average Bonchev–Trinajstić information content (AvgIpc) is 2.49. The van der Waals surface area contributed by atoms with E-state index in [4.69, 9.17) is 5.11 Å². The monoisotopic (exact) mass is 341 g/mol. The molecule has 0 rings (SSSR count). The van der Waals surface area contributed by atoms with Crippen molar-refractivity contribution in [2.75, 3.05) is 13.1 Å². The molecule has 0 saturated carbocycles. The van der Waals surface area contributed by atoms with E-state index in [1.54, 1.807) is 0 Å². The summed E-state index contributed by atoms with van der Waals surface area (Å²) in [6, 6.07) is 0. The fourth-order valence-electron chi connectivity index (χ4n) is 3.05. The third-order valence-corrected chi connectivity index (χ3v) is 4.56. The summed E-state index contributed by atoms with van der Waals surface area (Å²) >= 11 is 0. The molecule has 0 saturated heterocycles. The van der Waals surface area contributed by atoms with Gasteiger partial charge in [-0.05, 0) is 24.8 Å². The van der Waals surface area contributed by atoms with E-state index in [-0.39, 0.29) is 6.54 Å². The molecule has 0 fully saturated rings. The van der Waals surface area contributed by atoms with E-state index < -0.39 is 5.97 Å². The number of hydrogen-bond acceptors (Lipinski definition) is 2. The molecule has 0 aromatic rings. The maximum Gasteiger partial charge on any atom is 0.317 e. The Morgan fingerprint density at radius 3 is 1.46 bits per heavy atom. The first kappa shape index (κ1) is 23.4. The van der Waals surface area contributed by atoms with Crippen molar-refractivity contribution in [3.8, 4) is 0 Å². The zero-order valence-corrected chi connectivity index (χ0v) is 16.7. The van der Waals surface area contributed by atoms with Gasteiger partial charge < -0.3 is 10.4 Å². The van der Waals surface area contributed by atoms with Gasteiger partial charge >= 0.3 is 5.97 Å². The minimum Gasteiger partial charge on any atom is -0.480 e. The summed E-state index contributed by atoms with van der Waals surface area (Å²) in [5.41, 5.74) is 0.509. The van der Waals surface area contributed by atoms with Crippen molar-refractivity contribution >= 4 is 5.97 Å². The third-order valence-electron chi connectivity index (χ3n) is 4.56. The summed E-state index contributed by atoms with van der Waals surface area (Å²) in [5.74, 6) is -0.764. The molecule has 24 heavy (non-hydrogen) atoms. The Morgan fingerprint density at radius 2 is 1.08 bits per heavy atom. The molecule has 0 radical (unpaired) electrons. The Balaban J connectivity index is 3.04. The molecule has 0 spiro atoms. The summed E-state index contributed by atoms with van der Waals surface area (Å²) in [6.45, 7) is 7.94. The van der Waals surface area contributed by atoms with Gasteiger partial charge in [-0.15, -0.1) is 0 Å². The number of hydrogen-bond donors (Lipinski definition) is 2. The lowest BCUT2D eigenvalue weighted by Gasteiger charge is -2.17. The normalized spacial score (nSPS) is 11.8. The fourth-order valence-corrected chi connectivity index (χ4v) is 3.05. The summed E-state index contributed by atoms with van der Waals surface area (Å²) in [6.07, 6.45) is 19.0.